The molecule has 3 nitrogen and oxygen atoms in total. The maximum atomic E-state index is 5.63. The van der Waals surface area contributed by atoms with Gasteiger partial charge in [-0.1, -0.05) is 6.92 Å². The number of aromatic amines is 1. The zero-order valence-corrected chi connectivity index (χ0v) is 8.19. The summed E-state index contributed by atoms with van der Waals surface area (Å²) in [4.78, 5) is 7.56. The molecule has 0 bridgehead atoms. The van der Waals surface area contributed by atoms with Gasteiger partial charge in [0.1, 0.15) is 5.82 Å². The van der Waals surface area contributed by atoms with Crippen molar-refractivity contribution in [2.75, 3.05) is 5.73 Å². The van der Waals surface area contributed by atoms with Crippen molar-refractivity contribution in [3.05, 3.63) is 24.0 Å². The van der Waals surface area contributed by atoms with Gasteiger partial charge in [0.05, 0.1) is 11.0 Å². The quantitative estimate of drug-likeness (QED) is 0.689. The van der Waals surface area contributed by atoms with E-state index in [1.165, 1.54) is 0 Å². The molecule has 3 N–H and O–H groups in total. The summed E-state index contributed by atoms with van der Waals surface area (Å²) < 4.78 is 0. The zero-order chi connectivity index (χ0) is 8.55. The number of hydrogen-bond acceptors (Lipinski definition) is 2. The molecule has 0 unspecified atom stereocenters. The standard InChI is InChI=1S/C9H11N3.ClH/c1-2-9-11-7-4-3-6(10)5-8(7)12-9;/h3-5H,2,10H2,1H3,(H,11,12);1H. The minimum absolute atomic E-state index is 0. The van der Waals surface area contributed by atoms with E-state index in [1.54, 1.807) is 0 Å². The van der Waals surface area contributed by atoms with E-state index in [4.69, 9.17) is 5.73 Å². The third kappa shape index (κ3) is 1.75. The zero-order valence-electron chi connectivity index (χ0n) is 7.37. The summed E-state index contributed by atoms with van der Waals surface area (Å²) in [5.41, 5.74) is 8.41. The Morgan fingerprint density at radius 2 is 2.23 bits per heavy atom. The summed E-state index contributed by atoms with van der Waals surface area (Å²) in [5.74, 6) is 1.01. The van der Waals surface area contributed by atoms with Crippen molar-refractivity contribution in [3.8, 4) is 0 Å². The maximum absolute atomic E-state index is 5.63. The van der Waals surface area contributed by atoms with Gasteiger partial charge in [0.15, 0.2) is 0 Å². The summed E-state index contributed by atoms with van der Waals surface area (Å²) in [6.07, 6.45) is 0.925. The predicted molar refractivity (Wildman–Crippen MR) is 57.1 cm³/mol. The van der Waals surface area contributed by atoms with Gasteiger partial charge in [0, 0.05) is 12.1 Å². The van der Waals surface area contributed by atoms with Crippen LogP contribution in [-0.2, 0) is 6.42 Å². The molecule has 1 aromatic carbocycles. The van der Waals surface area contributed by atoms with Crippen LogP contribution in [-0.4, -0.2) is 9.97 Å². The number of nitrogen functional groups attached to an aromatic ring is 1. The van der Waals surface area contributed by atoms with E-state index in [0.29, 0.717) is 0 Å². The monoisotopic (exact) mass is 197 g/mol. The first-order valence-corrected chi connectivity index (χ1v) is 4.03. The topological polar surface area (TPSA) is 54.7 Å². The number of nitrogens with two attached hydrogens (primary N) is 1. The molecule has 2 aromatic rings. The molecule has 0 saturated carbocycles. The van der Waals surface area contributed by atoms with Crippen LogP contribution in [0.5, 0.6) is 0 Å². The molecule has 0 aliphatic carbocycles. The second kappa shape index (κ2) is 3.66. The second-order valence-electron chi connectivity index (χ2n) is 2.81. The summed E-state index contributed by atoms with van der Waals surface area (Å²) in [7, 11) is 0. The first-order chi connectivity index (χ1) is 5.79. The molecule has 0 atom stereocenters. The Balaban J connectivity index is 0.000000845. The average Bonchev–Trinajstić information content (AvgIpc) is 2.46. The Labute approximate surface area is 82.8 Å². The largest absolute Gasteiger partial charge is 0.399 e. The number of fused-ring (bicyclic) bond motifs is 1. The lowest BCUT2D eigenvalue weighted by Gasteiger charge is -1.89. The summed E-state index contributed by atoms with van der Waals surface area (Å²) in [6.45, 7) is 2.07. The third-order valence-corrected chi connectivity index (χ3v) is 1.89. The summed E-state index contributed by atoms with van der Waals surface area (Å²) in [5, 5.41) is 0. The van der Waals surface area contributed by atoms with Crippen LogP contribution in [0.25, 0.3) is 11.0 Å². The van der Waals surface area contributed by atoms with Gasteiger partial charge in [0.25, 0.3) is 0 Å². The molecular formula is C9H12ClN3. The molecular weight excluding hydrogens is 186 g/mol. The number of rotatable bonds is 1. The number of nitrogens with one attached hydrogen (secondary N) is 1. The van der Waals surface area contributed by atoms with Gasteiger partial charge < -0.3 is 10.7 Å². The SMILES string of the molecule is CCc1nc2ccc(N)cc2[nH]1.Cl. The van der Waals surface area contributed by atoms with E-state index in [9.17, 15) is 0 Å². The molecule has 1 heterocycles. The minimum Gasteiger partial charge on any atom is -0.399 e. The minimum atomic E-state index is 0. The van der Waals surface area contributed by atoms with Crippen molar-refractivity contribution in [1.82, 2.24) is 9.97 Å². The van der Waals surface area contributed by atoms with Crippen molar-refractivity contribution in [2.45, 2.75) is 13.3 Å². The van der Waals surface area contributed by atoms with Crippen LogP contribution in [0.4, 0.5) is 5.69 Å². The van der Waals surface area contributed by atoms with E-state index in [2.05, 4.69) is 16.9 Å². The molecule has 70 valence electrons. The first kappa shape index (κ1) is 9.86. The fraction of sp³-hybridized carbons (Fsp3) is 0.222. The molecule has 0 spiro atoms. The van der Waals surface area contributed by atoms with Gasteiger partial charge in [-0.25, -0.2) is 4.98 Å². The smallest absolute Gasteiger partial charge is 0.106 e. The highest BCUT2D eigenvalue weighted by Crippen LogP contribution is 2.14. The van der Waals surface area contributed by atoms with Crippen LogP contribution in [0.15, 0.2) is 18.2 Å². The Morgan fingerprint density at radius 3 is 2.92 bits per heavy atom. The summed E-state index contributed by atoms with van der Waals surface area (Å²) >= 11 is 0. The maximum Gasteiger partial charge on any atom is 0.106 e. The van der Waals surface area contributed by atoms with E-state index >= 15 is 0 Å². The van der Waals surface area contributed by atoms with Crippen molar-refractivity contribution in [3.63, 3.8) is 0 Å². The van der Waals surface area contributed by atoms with Gasteiger partial charge in [-0.05, 0) is 18.2 Å². The van der Waals surface area contributed by atoms with Gasteiger partial charge >= 0.3 is 0 Å². The number of imidazole rings is 1. The number of aryl methyl sites for hydroxylation is 1. The second-order valence-corrected chi connectivity index (χ2v) is 2.81. The van der Waals surface area contributed by atoms with Crippen LogP contribution < -0.4 is 5.73 Å². The number of H-pyrrole nitrogens is 1. The molecule has 13 heavy (non-hydrogen) atoms. The number of aromatic nitrogens is 2. The highest BCUT2D eigenvalue weighted by atomic mass is 35.5. The number of anilines is 1. The van der Waals surface area contributed by atoms with Crippen molar-refractivity contribution < 1.29 is 0 Å². The van der Waals surface area contributed by atoms with E-state index in [0.717, 1.165) is 29.0 Å². The van der Waals surface area contributed by atoms with Gasteiger partial charge in [-0.3, -0.25) is 0 Å². The normalized spacial score (nSPS) is 9.92. The molecule has 0 aliphatic rings. The lowest BCUT2D eigenvalue weighted by atomic mass is 10.3. The van der Waals surface area contributed by atoms with Crippen LogP contribution in [0.3, 0.4) is 0 Å². The number of hydrogen-bond donors (Lipinski definition) is 2. The molecule has 4 heteroatoms. The molecule has 0 aliphatic heterocycles. The van der Waals surface area contributed by atoms with E-state index in [-0.39, 0.29) is 12.4 Å². The van der Waals surface area contributed by atoms with Crippen LogP contribution in [0, 0.1) is 0 Å². The van der Waals surface area contributed by atoms with E-state index in [1.807, 2.05) is 18.2 Å². The van der Waals surface area contributed by atoms with Crippen LogP contribution in [0.2, 0.25) is 0 Å². The van der Waals surface area contributed by atoms with Crippen molar-refractivity contribution >= 4 is 29.1 Å². The molecule has 2 rings (SSSR count). The molecule has 0 amide bonds. The van der Waals surface area contributed by atoms with Crippen LogP contribution in [0.1, 0.15) is 12.7 Å². The first-order valence-electron chi connectivity index (χ1n) is 4.03. The van der Waals surface area contributed by atoms with Crippen molar-refractivity contribution in [1.29, 1.82) is 0 Å². The molecule has 0 fully saturated rings. The van der Waals surface area contributed by atoms with Crippen molar-refractivity contribution in [2.24, 2.45) is 0 Å². The fourth-order valence-corrected chi connectivity index (χ4v) is 1.25. The van der Waals surface area contributed by atoms with Crippen LogP contribution >= 0.6 is 12.4 Å². The Bertz CT molecular complexity index is 408. The Kier molecular flexibility index (Phi) is 2.78. The molecule has 0 saturated heterocycles. The lowest BCUT2D eigenvalue weighted by Crippen LogP contribution is -1.82. The Morgan fingerprint density at radius 1 is 1.46 bits per heavy atom. The third-order valence-electron chi connectivity index (χ3n) is 1.89. The van der Waals surface area contributed by atoms with Gasteiger partial charge in [-0.15, -0.1) is 12.4 Å². The lowest BCUT2D eigenvalue weighted by molar-refractivity contribution is 1.00. The number of benzene rings is 1. The average molecular weight is 198 g/mol. The summed E-state index contributed by atoms with van der Waals surface area (Å²) in [6, 6.07) is 5.70. The highest BCUT2D eigenvalue weighted by molar-refractivity contribution is 5.85. The molecule has 1 aromatic heterocycles. The van der Waals surface area contributed by atoms with E-state index < -0.39 is 0 Å². The van der Waals surface area contributed by atoms with Gasteiger partial charge in [-0.2, -0.15) is 0 Å². The van der Waals surface area contributed by atoms with Gasteiger partial charge in [0.2, 0.25) is 0 Å². The predicted octanol–water partition coefficient (Wildman–Crippen LogP) is 2.13. The Hall–Kier alpha value is -1.22. The number of halogens is 1. The highest BCUT2D eigenvalue weighted by Gasteiger charge is 1.99. The fourth-order valence-electron chi connectivity index (χ4n) is 1.25. The molecule has 0 radical (unpaired) electrons. The number of nitrogens with zero attached hydrogens (tertiary/aromatic N) is 1.